The third-order valence-electron chi connectivity index (χ3n) is 5.31. The zero-order chi connectivity index (χ0) is 23.8. The lowest BCUT2D eigenvalue weighted by molar-refractivity contribution is -0.119. The predicted octanol–water partition coefficient (Wildman–Crippen LogP) is 6.16. The number of phenols is 2. The maximum atomic E-state index is 12.3. The Hall–Kier alpha value is -1.96. The van der Waals surface area contributed by atoms with Gasteiger partial charge in [0.25, 0.3) is 0 Å². The van der Waals surface area contributed by atoms with E-state index in [4.69, 9.17) is 4.74 Å². The molecule has 7 heteroatoms. The number of rotatable bonds is 3. The molecule has 2 aromatic carbocycles. The van der Waals surface area contributed by atoms with Crippen LogP contribution in [0.3, 0.4) is 0 Å². The van der Waals surface area contributed by atoms with E-state index in [1.54, 1.807) is 11.8 Å². The Morgan fingerprint density at radius 3 is 2.31 bits per heavy atom. The van der Waals surface area contributed by atoms with Gasteiger partial charge >= 0.3 is 0 Å². The molecule has 2 aliphatic carbocycles. The maximum Gasteiger partial charge on any atom is 0.197 e. The molecule has 0 spiro atoms. The first-order valence-corrected chi connectivity index (χ1v) is 12.4. The van der Waals surface area contributed by atoms with Gasteiger partial charge in [-0.2, -0.15) is 0 Å². The number of hydrogen-bond acceptors (Lipinski definition) is 6. The number of allylic oxidation sites excluding steroid dienone is 2. The van der Waals surface area contributed by atoms with Crippen LogP contribution in [0.5, 0.6) is 11.5 Å². The van der Waals surface area contributed by atoms with E-state index in [1.807, 2.05) is 52.2 Å². The number of carbonyl (C=O) groups excluding carboxylic acids is 1. The second-order valence-electron chi connectivity index (χ2n) is 7.37. The fourth-order valence-electron chi connectivity index (χ4n) is 4.03. The highest BCUT2D eigenvalue weighted by Gasteiger charge is 2.41. The number of halogens is 1. The van der Waals surface area contributed by atoms with E-state index in [-0.39, 0.29) is 40.8 Å². The molecule has 5 nitrogen and oxygen atoms in total. The van der Waals surface area contributed by atoms with Gasteiger partial charge < -0.3 is 20.3 Å². The number of thioether (sulfide) groups is 1. The zero-order valence-electron chi connectivity index (χ0n) is 19.2. The van der Waals surface area contributed by atoms with E-state index >= 15 is 0 Å². The summed E-state index contributed by atoms with van der Waals surface area (Å²) in [4.78, 5) is 13.5. The highest BCUT2D eigenvalue weighted by atomic mass is 79.9. The molecule has 0 aliphatic heterocycles. The Morgan fingerprint density at radius 2 is 1.72 bits per heavy atom. The van der Waals surface area contributed by atoms with Crippen LogP contribution in [-0.4, -0.2) is 37.2 Å². The molecule has 32 heavy (non-hydrogen) atoms. The Morgan fingerprint density at radius 1 is 1.09 bits per heavy atom. The number of ketones is 1. The van der Waals surface area contributed by atoms with Crippen LogP contribution in [0.25, 0.3) is 0 Å². The first-order chi connectivity index (χ1) is 15.4. The highest BCUT2D eigenvalue weighted by Crippen LogP contribution is 2.56. The number of phenolic OH excluding ortho intramolecular Hbond substituents is 2. The lowest BCUT2D eigenvalue weighted by atomic mass is 9.69. The van der Waals surface area contributed by atoms with Crippen LogP contribution in [0.2, 0.25) is 0 Å². The quantitative estimate of drug-likeness (QED) is 0.419. The molecule has 0 amide bonds. The molecule has 0 saturated carbocycles. The number of benzene rings is 2. The van der Waals surface area contributed by atoms with Crippen molar-refractivity contribution in [3.05, 3.63) is 63.8 Å². The van der Waals surface area contributed by atoms with Crippen molar-refractivity contribution in [3.63, 3.8) is 0 Å². The predicted molar refractivity (Wildman–Crippen MR) is 134 cm³/mol. The van der Waals surface area contributed by atoms with Gasteiger partial charge in [0.05, 0.1) is 7.11 Å². The fourth-order valence-corrected chi connectivity index (χ4v) is 5.57. The van der Waals surface area contributed by atoms with Gasteiger partial charge in [0, 0.05) is 32.5 Å². The van der Waals surface area contributed by atoms with Crippen LogP contribution >= 0.6 is 27.7 Å². The van der Waals surface area contributed by atoms with Gasteiger partial charge in [0.2, 0.25) is 0 Å². The van der Waals surface area contributed by atoms with Crippen LogP contribution in [0.15, 0.2) is 57.6 Å². The zero-order valence-corrected chi connectivity index (χ0v) is 21.6. The number of nitrogens with one attached hydrogen (secondary N) is 1. The van der Waals surface area contributed by atoms with Gasteiger partial charge in [-0.25, -0.2) is 0 Å². The normalized spacial score (nSPS) is 21.0. The number of carbonyl (C=O) groups is 1. The molecule has 0 heterocycles. The third-order valence-corrected chi connectivity index (χ3v) is 7.11. The minimum Gasteiger partial charge on any atom is -0.504 e. The molecule has 0 aromatic heterocycles. The van der Waals surface area contributed by atoms with Crippen molar-refractivity contribution in [2.45, 2.75) is 42.8 Å². The van der Waals surface area contributed by atoms with E-state index in [0.29, 0.717) is 11.3 Å². The smallest absolute Gasteiger partial charge is 0.197 e. The SMILES string of the molecule is CC.CNC.COC1=CC2CC(Sc3ccc(Br)cc3)c3ccc(O)c(O)c3C2CC1=O. The molecule has 3 atom stereocenters. The van der Waals surface area contributed by atoms with Gasteiger partial charge in [-0.15, -0.1) is 11.8 Å². The van der Waals surface area contributed by atoms with Crippen molar-refractivity contribution in [2.24, 2.45) is 5.92 Å². The molecule has 0 radical (unpaired) electrons. The van der Waals surface area contributed by atoms with E-state index < -0.39 is 0 Å². The molecular formula is C25H32BrNO4S. The Labute approximate surface area is 203 Å². The van der Waals surface area contributed by atoms with Gasteiger partial charge in [-0.05, 0) is 68.4 Å². The molecule has 174 valence electrons. The van der Waals surface area contributed by atoms with Crippen molar-refractivity contribution < 1.29 is 19.7 Å². The summed E-state index contributed by atoms with van der Waals surface area (Å²) >= 11 is 5.18. The average Bonchev–Trinajstić information content (AvgIpc) is 2.79. The number of ether oxygens (including phenoxy) is 1. The summed E-state index contributed by atoms with van der Waals surface area (Å²) in [6, 6.07) is 11.5. The second-order valence-corrected chi connectivity index (χ2v) is 9.56. The van der Waals surface area contributed by atoms with Crippen molar-refractivity contribution in [2.75, 3.05) is 21.2 Å². The minimum atomic E-state index is -0.143. The molecule has 4 rings (SSSR count). The minimum absolute atomic E-state index is 0.0635. The first kappa shape index (κ1) is 26.3. The van der Waals surface area contributed by atoms with Gasteiger partial charge in [-0.1, -0.05) is 35.8 Å². The average molecular weight is 523 g/mol. The first-order valence-electron chi connectivity index (χ1n) is 10.7. The Bertz CT molecular complexity index is 946. The van der Waals surface area contributed by atoms with Gasteiger partial charge in [-0.3, -0.25) is 4.79 Å². The lowest BCUT2D eigenvalue weighted by Crippen LogP contribution is -2.29. The maximum absolute atomic E-state index is 12.3. The van der Waals surface area contributed by atoms with E-state index in [1.165, 1.54) is 13.2 Å². The van der Waals surface area contributed by atoms with Crippen molar-refractivity contribution >= 4 is 33.5 Å². The molecule has 3 N–H and O–H groups in total. The second kappa shape index (κ2) is 12.3. The summed E-state index contributed by atoms with van der Waals surface area (Å²) in [6.07, 6.45) is 3.00. The van der Waals surface area contributed by atoms with E-state index in [9.17, 15) is 15.0 Å². The van der Waals surface area contributed by atoms with Crippen molar-refractivity contribution in [3.8, 4) is 11.5 Å². The highest BCUT2D eigenvalue weighted by molar-refractivity contribution is 9.10. The van der Waals surface area contributed by atoms with E-state index in [2.05, 4.69) is 33.4 Å². The summed E-state index contributed by atoms with van der Waals surface area (Å²) in [5.74, 6) is 0.0192. The molecular weight excluding hydrogens is 490 g/mol. The largest absolute Gasteiger partial charge is 0.504 e. The van der Waals surface area contributed by atoms with Gasteiger partial charge in [0.15, 0.2) is 23.0 Å². The van der Waals surface area contributed by atoms with Crippen LogP contribution < -0.4 is 5.32 Å². The number of methoxy groups -OCH3 is 1. The van der Waals surface area contributed by atoms with Crippen LogP contribution in [0.4, 0.5) is 0 Å². The summed E-state index contributed by atoms with van der Waals surface area (Å²) in [7, 11) is 5.26. The van der Waals surface area contributed by atoms with Crippen LogP contribution in [0, 0.1) is 5.92 Å². The number of fused-ring (bicyclic) bond motifs is 3. The Balaban J connectivity index is 0.000000671. The Kier molecular flexibility index (Phi) is 10.1. The molecule has 2 aliphatic rings. The molecule has 0 bridgehead atoms. The van der Waals surface area contributed by atoms with Crippen molar-refractivity contribution in [1.82, 2.24) is 5.32 Å². The molecule has 3 unspecified atom stereocenters. The number of Topliss-reactive ketones (excluding diaryl/α,β-unsaturated/α-hetero) is 1. The summed E-state index contributed by atoms with van der Waals surface area (Å²) in [5, 5.41) is 23.5. The van der Waals surface area contributed by atoms with Gasteiger partial charge in [0.1, 0.15) is 0 Å². The standard InChI is InChI=1S/C21H19BrO4S.C2H7N.C2H6/c1-26-18-8-11-9-19(27-13-4-2-12(22)3-5-13)14-6-7-16(23)21(25)20(14)15(11)10-17(18)24;1-3-2;1-2/h2-8,11,15,19,23,25H,9-10H2,1H3;3H,1-2H3;1-2H3. The summed E-state index contributed by atoms with van der Waals surface area (Å²) < 4.78 is 6.27. The topological polar surface area (TPSA) is 78.8 Å². The van der Waals surface area contributed by atoms with Crippen molar-refractivity contribution in [1.29, 1.82) is 0 Å². The molecule has 0 saturated heterocycles. The summed E-state index contributed by atoms with van der Waals surface area (Å²) in [5.41, 5.74) is 1.68. The third kappa shape index (κ3) is 5.88. The van der Waals surface area contributed by atoms with Crippen LogP contribution in [-0.2, 0) is 9.53 Å². The monoisotopic (exact) mass is 521 g/mol. The molecule has 0 fully saturated rings. The summed E-state index contributed by atoms with van der Waals surface area (Å²) in [6.45, 7) is 4.00. The van der Waals surface area contributed by atoms with E-state index in [0.717, 1.165) is 21.4 Å². The lowest BCUT2D eigenvalue weighted by Gasteiger charge is -2.39. The number of hydrogen-bond donors (Lipinski definition) is 3. The molecule has 2 aromatic rings. The van der Waals surface area contributed by atoms with Crippen LogP contribution in [0.1, 0.15) is 49.0 Å². The number of aromatic hydroxyl groups is 2. The fraction of sp³-hybridized carbons (Fsp3) is 0.400.